The van der Waals surface area contributed by atoms with E-state index < -0.39 is 17.9 Å². The van der Waals surface area contributed by atoms with E-state index in [2.05, 4.69) is 0 Å². The molecule has 1 N–H and O–H groups in total. The van der Waals surface area contributed by atoms with Gasteiger partial charge in [0.05, 0.1) is 5.92 Å². The van der Waals surface area contributed by atoms with Crippen LogP contribution in [0.15, 0.2) is 30.3 Å². The molecule has 0 saturated carbocycles. The minimum Gasteiger partial charge on any atom is -0.481 e. The predicted octanol–water partition coefficient (Wildman–Crippen LogP) is 1.49. The quantitative estimate of drug-likeness (QED) is 0.767. The summed E-state index contributed by atoms with van der Waals surface area (Å²) in [4.78, 5) is 21.5. The molecule has 0 heterocycles. The van der Waals surface area contributed by atoms with Crippen LogP contribution in [0.4, 0.5) is 0 Å². The predicted molar refractivity (Wildman–Crippen MR) is 57.9 cm³/mol. The van der Waals surface area contributed by atoms with Crippen LogP contribution in [0.2, 0.25) is 0 Å². The Balaban J connectivity index is 2.58. The van der Waals surface area contributed by atoms with Gasteiger partial charge in [0.2, 0.25) is 0 Å². The van der Waals surface area contributed by atoms with E-state index in [9.17, 15) is 9.59 Å². The molecule has 0 spiro atoms. The van der Waals surface area contributed by atoms with Crippen LogP contribution in [0.1, 0.15) is 12.5 Å². The molecular formula is C12H14O4. The Bertz CT molecular complexity index is 359. The first-order valence-electron chi connectivity index (χ1n) is 4.99. The highest BCUT2D eigenvalue weighted by Crippen LogP contribution is 2.09. The molecule has 0 aliphatic carbocycles. The second-order valence-electron chi connectivity index (χ2n) is 3.53. The van der Waals surface area contributed by atoms with Crippen molar-refractivity contribution in [3.8, 4) is 0 Å². The van der Waals surface area contributed by atoms with Gasteiger partial charge in [0.25, 0.3) is 0 Å². The van der Waals surface area contributed by atoms with E-state index in [0.717, 1.165) is 5.56 Å². The molecule has 0 fully saturated rings. The maximum Gasteiger partial charge on any atom is 0.310 e. The summed E-state index contributed by atoms with van der Waals surface area (Å²) in [5.41, 5.74) is 0.919. The molecule has 0 amide bonds. The number of benzene rings is 1. The minimum absolute atomic E-state index is 0.0838. The molecule has 4 heteroatoms. The highest BCUT2D eigenvalue weighted by Gasteiger charge is 2.19. The van der Waals surface area contributed by atoms with E-state index in [-0.39, 0.29) is 6.61 Å². The molecule has 16 heavy (non-hydrogen) atoms. The molecule has 1 rings (SSSR count). The third-order valence-corrected chi connectivity index (χ3v) is 2.16. The Morgan fingerprint density at radius 3 is 2.44 bits per heavy atom. The third-order valence-electron chi connectivity index (χ3n) is 2.16. The summed E-state index contributed by atoms with van der Waals surface area (Å²) in [7, 11) is 0. The smallest absolute Gasteiger partial charge is 0.310 e. The van der Waals surface area contributed by atoms with Crippen molar-refractivity contribution in [3.05, 3.63) is 35.9 Å². The van der Waals surface area contributed by atoms with E-state index >= 15 is 0 Å². The van der Waals surface area contributed by atoms with Crippen LogP contribution in [-0.4, -0.2) is 23.7 Å². The SMILES string of the molecule is CC(=O)OC[C@H](Cc1ccccc1)C(=O)O. The Morgan fingerprint density at radius 1 is 1.31 bits per heavy atom. The zero-order valence-electron chi connectivity index (χ0n) is 9.05. The second kappa shape index (κ2) is 5.90. The number of hydrogen-bond donors (Lipinski definition) is 1. The van der Waals surface area contributed by atoms with E-state index in [4.69, 9.17) is 9.84 Å². The molecule has 0 saturated heterocycles. The maximum atomic E-state index is 10.9. The molecule has 1 atom stereocenters. The monoisotopic (exact) mass is 222 g/mol. The molecule has 1 aromatic carbocycles. The molecule has 0 radical (unpaired) electrons. The lowest BCUT2D eigenvalue weighted by Gasteiger charge is -2.11. The summed E-state index contributed by atoms with van der Waals surface area (Å²) in [6.07, 6.45) is 0.365. The van der Waals surface area contributed by atoms with E-state index in [0.29, 0.717) is 6.42 Å². The van der Waals surface area contributed by atoms with E-state index in [1.807, 2.05) is 30.3 Å². The molecule has 1 aromatic rings. The van der Waals surface area contributed by atoms with Crippen LogP contribution in [0.3, 0.4) is 0 Å². The number of ether oxygens (including phenoxy) is 1. The summed E-state index contributed by atoms with van der Waals surface area (Å²) in [5.74, 6) is -2.10. The summed E-state index contributed by atoms with van der Waals surface area (Å²) in [5, 5.41) is 8.96. The van der Waals surface area contributed by atoms with Crippen molar-refractivity contribution in [2.24, 2.45) is 5.92 Å². The molecule has 0 unspecified atom stereocenters. The topological polar surface area (TPSA) is 63.6 Å². The maximum absolute atomic E-state index is 10.9. The first kappa shape index (κ1) is 12.2. The van der Waals surface area contributed by atoms with Crippen LogP contribution in [0.5, 0.6) is 0 Å². The summed E-state index contributed by atoms with van der Waals surface area (Å²) < 4.78 is 4.72. The van der Waals surface area contributed by atoms with Gasteiger partial charge in [0, 0.05) is 6.92 Å². The third kappa shape index (κ3) is 4.13. The Labute approximate surface area is 93.9 Å². The molecule has 0 aliphatic heterocycles. The normalized spacial score (nSPS) is 11.8. The summed E-state index contributed by atoms with van der Waals surface area (Å²) >= 11 is 0. The van der Waals surface area contributed by atoms with Crippen molar-refractivity contribution in [2.45, 2.75) is 13.3 Å². The van der Waals surface area contributed by atoms with Crippen molar-refractivity contribution in [1.82, 2.24) is 0 Å². The van der Waals surface area contributed by atoms with Gasteiger partial charge in [-0.2, -0.15) is 0 Å². The van der Waals surface area contributed by atoms with Crippen LogP contribution in [-0.2, 0) is 20.7 Å². The standard InChI is InChI=1S/C12H14O4/c1-9(13)16-8-11(12(14)15)7-10-5-3-2-4-6-10/h2-6,11H,7-8H2,1H3,(H,14,15)/t11-/m0/s1. The lowest BCUT2D eigenvalue weighted by molar-refractivity contribution is -0.149. The molecule has 86 valence electrons. The van der Waals surface area contributed by atoms with Crippen molar-refractivity contribution >= 4 is 11.9 Å². The van der Waals surface area contributed by atoms with Crippen LogP contribution >= 0.6 is 0 Å². The van der Waals surface area contributed by atoms with Gasteiger partial charge in [-0.05, 0) is 12.0 Å². The molecule has 0 aromatic heterocycles. The van der Waals surface area contributed by atoms with E-state index in [1.165, 1.54) is 6.92 Å². The molecule has 0 aliphatic rings. The van der Waals surface area contributed by atoms with Gasteiger partial charge in [-0.3, -0.25) is 9.59 Å². The Morgan fingerprint density at radius 2 is 1.94 bits per heavy atom. The van der Waals surface area contributed by atoms with Crippen LogP contribution in [0.25, 0.3) is 0 Å². The van der Waals surface area contributed by atoms with Gasteiger partial charge in [-0.25, -0.2) is 0 Å². The van der Waals surface area contributed by atoms with Gasteiger partial charge in [-0.1, -0.05) is 30.3 Å². The number of hydrogen-bond acceptors (Lipinski definition) is 3. The zero-order valence-corrected chi connectivity index (χ0v) is 9.05. The van der Waals surface area contributed by atoms with Gasteiger partial charge >= 0.3 is 11.9 Å². The van der Waals surface area contributed by atoms with Gasteiger partial charge < -0.3 is 9.84 Å². The molecule has 4 nitrogen and oxygen atoms in total. The van der Waals surface area contributed by atoms with Crippen LogP contribution < -0.4 is 0 Å². The zero-order chi connectivity index (χ0) is 12.0. The first-order valence-corrected chi connectivity index (χ1v) is 4.99. The van der Waals surface area contributed by atoms with E-state index in [1.54, 1.807) is 0 Å². The number of carbonyl (C=O) groups is 2. The Kier molecular flexibility index (Phi) is 4.51. The number of aliphatic carboxylic acids is 1. The Hall–Kier alpha value is -1.84. The van der Waals surface area contributed by atoms with Gasteiger partial charge in [0.15, 0.2) is 0 Å². The number of rotatable bonds is 5. The van der Waals surface area contributed by atoms with Gasteiger partial charge in [-0.15, -0.1) is 0 Å². The second-order valence-corrected chi connectivity index (χ2v) is 3.53. The van der Waals surface area contributed by atoms with Crippen molar-refractivity contribution in [3.63, 3.8) is 0 Å². The highest BCUT2D eigenvalue weighted by atomic mass is 16.5. The fraction of sp³-hybridized carbons (Fsp3) is 0.333. The number of esters is 1. The highest BCUT2D eigenvalue weighted by molar-refractivity contribution is 5.71. The van der Waals surface area contributed by atoms with Crippen LogP contribution in [0, 0.1) is 5.92 Å². The van der Waals surface area contributed by atoms with Gasteiger partial charge in [0.1, 0.15) is 6.61 Å². The molecule has 0 bridgehead atoms. The molecular weight excluding hydrogens is 208 g/mol. The average Bonchev–Trinajstić information content (AvgIpc) is 2.25. The lowest BCUT2D eigenvalue weighted by Crippen LogP contribution is -2.23. The largest absolute Gasteiger partial charge is 0.481 e. The summed E-state index contributed by atoms with van der Waals surface area (Å²) in [6.45, 7) is 1.18. The number of carboxylic acids is 1. The van der Waals surface area contributed by atoms with Crippen molar-refractivity contribution < 1.29 is 19.4 Å². The lowest BCUT2D eigenvalue weighted by atomic mass is 10.0. The fourth-order valence-corrected chi connectivity index (χ4v) is 1.33. The number of carboxylic acid groups (broad SMARTS) is 1. The summed E-state index contributed by atoms with van der Waals surface area (Å²) in [6, 6.07) is 9.26. The van der Waals surface area contributed by atoms with Crippen molar-refractivity contribution in [1.29, 1.82) is 0 Å². The fourth-order valence-electron chi connectivity index (χ4n) is 1.33. The first-order chi connectivity index (χ1) is 7.59. The minimum atomic E-state index is -0.954. The average molecular weight is 222 g/mol. The number of carbonyl (C=O) groups excluding carboxylic acids is 1. The van der Waals surface area contributed by atoms with Crippen molar-refractivity contribution in [2.75, 3.05) is 6.61 Å².